The maximum Gasteiger partial charge on any atom is 0.263 e. The number of aliphatic carboxylic acids is 1. The number of rotatable bonds is 3. The number of aromatic nitrogens is 1. The number of pyridine rings is 1. The Kier molecular flexibility index (Phi) is 3.39. The zero-order valence-corrected chi connectivity index (χ0v) is 11.3. The first-order valence-corrected chi connectivity index (χ1v) is 6.36. The molecule has 0 aliphatic carbocycles. The fraction of sp³-hybridized carbons (Fsp3) is 0.250. The molecule has 6 nitrogen and oxygen atoms in total. The van der Waals surface area contributed by atoms with Gasteiger partial charge in [0.15, 0.2) is 0 Å². The lowest BCUT2D eigenvalue weighted by molar-refractivity contribution is -0.303. The fourth-order valence-corrected chi connectivity index (χ4v) is 3.00. The smallest absolute Gasteiger partial charge is 0.263 e. The fourth-order valence-electron chi connectivity index (χ4n) is 1.87. The van der Waals surface area contributed by atoms with E-state index in [-0.39, 0.29) is 4.88 Å². The number of carboxylic acids is 1. The number of carboxylic acid groups (broad SMARTS) is 1. The zero-order chi connectivity index (χ0) is 14.2. The summed E-state index contributed by atoms with van der Waals surface area (Å²) < 4.78 is 0. The SMILES string of the molecule is Cc1cc(C)c2c(N)c(C(=O)NCC(=O)[O-])sc2n1. The molecule has 100 valence electrons. The molecule has 0 saturated carbocycles. The molecule has 19 heavy (non-hydrogen) atoms. The molecule has 0 fully saturated rings. The molecule has 0 atom stereocenters. The van der Waals surface area contributed by atoms with Gasteiger partial charge in [0.2, 0.25) is 0 Å². The Morgan fingerprint density at radius 3 is 2.79 bits per heavy atom. The summed E-state index contributed by atoms with van der Waals surface area (Å²) in [6.07, 6.45) is 0. The monoisotopic (exact) mass is 278 g/mol. The summed E-state index contributed by atoms with van der Waals surface area (Å²) >= 11 is 1.15. The van der Waals surface area contributed by atoms with Crippen LogP contribution in [0, 0.1) is 13.8 Å². The molecule has 0 spiro atoms. The number of carbonyl (C=O) groups excluding carboxylic acids is 2. The van der Waals surface area contributed by atoms with E-state index in [1.807, 2.05) is 19.9 Å². The quantitative estimate of drug-likeness (QED) is 0.820. The van der Waals surface area contributed by atoms with Crippen LogP contribution in [0.25, 0.3) is 10.2 Å². The van der Waals surface area contributed by atoms with Gasteiger partial charge in [-0.3, -0.25) is 4.79 Å². The summed E-state index contributed by atoms with van der Waals surface area (Å²) in [4.78, 5) is 27.4. The van der Waals surface area contributed by atoms with Crippen LogP contribution in [0.15, 0.2) is 6.07 Å². The third-order valence-corrected chi connectivity index (χ3v) is 3.72. The molecular weight excluding hydrogens is 266 g/mol. The number of aryl methyl sites for hydroxylation is 2. The number of fused-ring (bicyclic) bond motifs is 1. The van der Waals surface area contributed by atoms with Crippen LogP contribution in [0.2, 0.25) is 0 Å². The van der Waals surface area contributed by atoms with Crippen molar-refractivity contribution >= 4 is 39.1 Å². The van der Waals surface area contributed by atoms with Crippen molar-refractivity contribution in [3.05, 3.63) is 22.2 Å². The number of nitrogens with two attached hydrogens (primary N) is 1. The van der Waals surface area contributed by atoms with Gasteiger partial charge in [-0.15, -0.1) is 11.3 Å². The molecule has 0 bridgehead atoms. The normalized spacial score (nSPS) is 10.6. The molecule has 2 aromatic heterocycles. The molecule has 0 radical (unpaired) electrons. The van der Waals surface area contributed by atoms with Crippen LogP contribution in [0.5, 0.6) is 0 Å². The van der Waals surface area contributed by atoms with Crippen LogP contribution in [0.3, 0.4) is 0 Å². The lowest BCUT2D eigenvalue weighted by Gasteiger charge is -2.04. The highest BCUT2D eigenvalue weighted by Gasteiger charge is 2.18. The van der Waals surface area contributed by atoms with Gasteiger partial charge >= 0.3 is 0 Å². The van der Waals surface area contributed by atoms with Crippen molar-refractivity contribution in [3.8, 4) is 0 Å². The van der Waals surface area contributed by atoms with Gasteiger partial charge in [-0.05, 0) is 25.5 Å². The van der Waals surface area contributed by atoms with Gasteiger partial charge in [0, 0.05) is 11.1 Å². The van der Waals surface area contributed by atoms with Crippen LogP contribution >= 0.6 is 11.3 Å². The van der Waals surface area contributed by atoms with Gasteiger partial charge in [-0.25, -0.2) is 4.98 Å². The summed E-state index contributed by atoms with van der Waals surface area (Å²) in [5.74, 6) is -1.88. The Morgan fingerprint density at radius 2 is 2.16 bits per heavy atom. The predicted octanol–water partition coefficient (Wildman–Crippen LogP) is -0.0250. The van der Waals surface area contributed by atoms with Gasteiger partial charge in [-0.2, -0.15) is 0 Å². The highest BCUT2D eigenvalue weighted by molar-refractivity contribution is 7.21. The van der Waals surface area contributed by atoms with E-state index in [0.29, 0.717) is 10.5 Å². The van der Waals surface area contributed by atoms with Gasteiger partial charge < -0.3 is 21.0 Å². The predicted molar refractivity (Wildman–Crippen MR) is 70.8 cm³/mol. The molecule has 2 heterocycles. The molecule has 0 aliphatic rings. The molecule has 0 saturated heterocycles. The van der Waals surface area contributed by atoms with Crippen LogP contribution in [0.1, 0.15) is 20.9 Å². The van der Waals surface area contributed by atoms with Crippen molar-refractivity contribution in [2.24, 2.45) is 0 Å². The van der Waals surface area contributed by atoms with Gasteiger partial charge in [0.25, 0.3) is 5.91 Å². The third-order valence-electron chi connectivity index (χ3n) is 2.62. The summed E-state index contributed by atoms with van der Waals surface area (Å²) in [6.45, 7) is 3.21. The van der Waals surface area contributed by atoms with E-state index in [0.717, 1.165) is 28.0 Å². The number of nitrogens with one attached hydrogen (secondary N) is 1. The summed E-state index contributed by atoms with van der Waals surface area (Å²) in [7, 11) is 0. The molecule has 3 N–H and O–H groups in total. The third kappa shape index (κ3) is 2.50. The average molecular weight is 278 g/mol. The summed E-state index contributed by atoms with van der Waals surface area (Å²) in [5.41, 5.74) is 8.06. The highest BCUT2D eigenvalue weighted by atomic mass is 32.1. The van der Waals surface area contributed by atoms with Crippen molar-refractivity contribution in [1.82, 2.24) is 10.3 Å². The van der Waals surface area contributed by atoms with Gasteiger partial charge in [0.1, 0.15) is 9.71 Å². The van der Waals surface area contributed by atoms with E-state index in [4.69, 9.17) is 5.73 Å². The molecule has 0 unspecified atom stereocenters. The van der Waals surface area contributed by atoms with E-state index in [1.165, 1.54) is 0 Å². The van der Waals surface area contributed by atoms with E-state index >= 15 is 0 Å². The summed E-state index contributed by atoms with van der Waals surface area (Å²) in [5, 5.41) is 13.3. The van der Waals surface area contributed by atoms with Gasteiger partial charge in [-0.1, -0.05) is 0 Å². The van der Waals surface area contributed by atoms with Crippen molar-refractivity contribution in [3.63, 3.8) is 0 Å². The molecular formula is C12H12N3O3S-. The van der Waals surface area contributed by atoms with Crippen molar-refractivity contribution in [2.75, 3.05) is 12.3 Å². The lowest BCUT2D eigenvalue weighted by Crippen LogP contribution is -2.37. The van der Waals surface area contributed by atoms with Crippen molar-refractivity contribution < 1.29 is 14.7 Å². The molecule has 1 amide bonds. The van der Waals surface area contributed by atoms with Crippen molar-refractivity contribution in [1.29, 1.82) is 0 Å². The van der Waals surface area contributed by atoms with Crippen LogP contribution in [-0.4, -0.2) is 23.4 Å². The zero-order valence-electron chi connectivity index (χ0n) is 10.4. The van der Waals surface area contributed by atoms with E-state index in [9.17, 15) is 14.7 Å². The molecule has 7 heteroatoms. The number of hydrogen-bond donors (Lipinski definition) is 2. The number of hydrogen-bond acceptors (Lipinski definition) is 6. The topological polar surface area (TPSA) is 108 Å². The Morgan fingerprint density at radius 1 is 1.47 bits per heavy atom. The van der Waals surface area contributed by atoms with Crippen LogP contribution in [0.4, 0.5) is 5.69 Å². The number of nitrogen functional groups attached to an aromatic ring is 1. The Bertz CT molecular complexity index is 678. The number of nitrogens with zero attached hydrogens (tertiary/aromatic N) is 1. The minimum atomic E-state index is -1.35. The van der Waals surface area contributed by atoms with E-state index in [1.54, 1.807) is 0 Å². The Balaban J connectivity index is 2.45. The van der Waals surface area contributed by atoms with E-state index in [2.05, 4.69) is 10.3 Å². The molecule has 0 aromatic carbocycles. The average Bonchev–Trinajstić information content (AvgIpc) is 2.63. The minimum absolute atomic E-state index is 0.275. The molecule has 2 rings (SSSR count). The number of anilines is 1. The highest BCUT2D eigenvalue weighted by Crippen LogP contribution is 2.34. The first-order valence-electron chi connectivity index (χ1n) is 5.54. The standard InChI is InChI=1S/C12H13N3O3S/c1-5-3-6(2)15-12-8(5)9(13)10(19-12)11(18)14-4-7(16)17/h3H,4,13H2,1-2H3,(H,14,18)(H,16,17)/p-1. The summed E-state index contributed by atoms with van der Waals surface area (Å²) in [6, 6.07) is 1.88. The minimum Gasteiger partial charge on any atom is -0.548 e. The second-order valence-electron chi connectivity index (χ2n) is 4.16. The molecule has 0 aliphatic heterocycles. The number of thiophene rings is 1. The Hall–Kier alpha value is -2.15. The second kappa shape index (κ2) is 4.85. The van der Waals surface area contributed by atoms with E-state index < -0.39 is 18.4 Å². The van der Waals surface area contributed by atoms with Crippen LogP contribution < -0.4 is 16.2 Å². The molecule has 2 aromatic rings. The second-order valence-corrected chi connectivity index (χ2v) is 5.16. The number of amides is 1. The lowest BCUT2D eigenvalue weighted by atomic mass is 10.1. The maximum atomic E-state index is 11.8. The first-order chi connectivity index (χ1) is 8.90. The number of carbonyl (C=O) groups is 2. The Labute approximate surface area is 113 Å². The largest absolute Gasteiger partial charge is 0.548 e. The van der Waals surface area contributed by atoms with Gasteiger partial charge in [0.05, 0.1) is 18.2 Å². The van der Waals surface area contributed by atoms with Crippen LogP contribution in [-0.2, 0) is 4.79 Å². The van der Waals surface area contributed by atoms with Crippen molar-refractivity contribution in [2.45, 2.75) is 13.8 Å². The maximum absolute atomic E-state index is 11.8. The first kappa shape index (κ1) is 13.3.